The van der Waals surface area contributed by atoms with Crippen molar-refractivity contribution in [3.8, 4) is 0 Å². The lowest BCUT2D eigenvalue weighted by Gasteiger charge is -2.27. The summed E-state index contributed by atoms with van der Waals surface area (Å²) in [7, 11) is 6.10. The molecule has 2 rings (SSSR count). The Morgan fingerprint density at radius 3 is 1.38 bits per heavy atom. The fourth-order valence-corrected chi connectivity index (χ4v) is 2.61. The van der Waals surface area contributed by atoms with Gasteiger partial charge in [0.15, 0.2) is 0 Å². The topological polar surface area (TPSA) is 15.7 Å². The molecule has 0 aromatic heterocycles. The minimum absolute atomic E-state index is 0.819. The lowest BCUT2D eigenvalue weighted by molar-refractivity contribution is 0.215. The van der Waals surface area contributed by atoms with E-state index in [1.807, 2.05) is 6.92 Å². The molecule has 0 bridgehead atoms. The van der Waals surface area contributed by atoms with Crippen LogP contribution in [-0.4, -0.2) is 63.8 Å². The molecular formula is C21H48N2O. The van der Waals surface area contributed by atoms with Gasteiger partial charge >= 0.3 is 0 Å². The Balaban J connectivity index is 0. The predicted molar refractivity (Wildman–Crippen MR) is 110 cm³/mol. The molecule has 0 spiro atoms. The van der Waals surface area contributed by atoms with Crippen molar-refractivity contribution < 1.29 is 4.74 Å². The number of likely N-dealkylation sites (tertiary alicyclic amines) is 2. The summed E-state index contributed by atoms with van der Waals surface area (Å²) in [5.41, 5.74) is 0. The first-order chi connectivity index (χ1) is 11.4. The van der Waals surface area contributed by atoms with Crippen molar-refractivity contribution in [1.29, 1.82) is 0 Å². The summed E-state index contributed by atoms with van der Waals surface area (Å²) in [6.07, 6.45) is 8.28. The Hall–Kier alpha value is -0.120. The van der Waals surface area contributed by atoms with Gasteiger partial charge in [-0.3, -0.25) is 0 Å². The van der Waals surface area contributed by atoms with Crippen molar-refractivity contribution in [3.63, 3.8) is 0 Å². The Labute approximate surface area is 154 Å². The van der Waals surface area contributed by atoms with Crippen molar-refractivity contribution >= 4 is 0 Å². The summed E-state index contributed by atoms with van der Waals surface area (Å²) in [4.78, 5) is 4.83. The normalized spacial score (nSPS) is 20.0. The monoisotopic (exact) mass is 344 g/mol. The minimum atomic E-state index is 0.819. The molecule has 0 amide bonds. The second-order valence-electron chi connectivity index (χ2n) is 7.43. The molecule has 24 heavy (non-hydrogen) atoms. The van der Waals surface area contributed by atoms with Gasteiger partial charge in [-0.2, -0.15) is 0 Å². The van der Waals surface area contributed by atoms with E-state index in [0.29, 0.717) is 0 Å². The van der Waals surface area contributed by atoms with Crippen LogP contribution in [0.15, 0.2) is 0 Å². The van der Waals surface area contributed by atoms with Gasteiger partial charge < -0.3 is 14.5 Å². The quantitative estimate of drug-likeness (QED) is 0.688. The van der Waals surface area contributed by atoms with E-state index < -0.39 is 0 Å². The fourth-order valence-electron chi connectivity index (χ4n) is 2.61. The van der Waals surface area contributed by atoms with Crippen LogP contribution < -0.4 is 0 Å². The smallest absolute Gasteiger partial charge is 0.0433 e. The molecule has 0 N–H and O–H groups in total. The molecule has 2 aliphatic heterocycles. The van der Waals surface area contributed by atoms with Crippen LogP contribution in [0.25, 0.3) is 0 Å². The van der Waals surface area contributed by atoms with Crippen LogP contribution in [0.3, 0.4) is 0 Å². The third-order valence-electron chi connectivity index (χ3n) is 4.71. The molecule has 148 valence electrons. The number of hydrogen-bond donors (Lipinski definition) is 0. The zero-order chi connectivity index (χ0) is 18.8. The summed E-state index contributed by atoms with van der Waals surface area (Å²) in [6, 6.07) is 0. The van der Waals surface area contributed by atoms with E-state index in [9.17, 15) is 0 Å². The number of rotatable bonds is 2. The Morgan fingerprint density at radius 2 is 1.12 bits per heavy atom. The van der Waals surface area contributed by atoms with E-state index in [-0.39, 0.29) is 0 Å². The van der Waals surface area contributed by atoms with E-state index in [0.717, 1.165) is 18.4 Å². The highest BCUT2D eigenvalue weighted by atomic mass is 16.5. The minimum Gasteiger partial charge on any atom is -0.385 e. The van der Waals surface area contributed by atoms with E-state index >= 15 is 0 Å². The first kappa shape index (κ1) is 26.1. The van der Waals surface area contributed by atoms with Crippen molar-refractivity contribution in [2.75, 3.05) is 54.0 Å². The molecule has 0 aliphatic carbocycles. The molecule has 2 saturated heterocycles. The zero-order valence-electron chi connectivity index (χ0n) is 18.2. The van der Waals surface area contributed by atoms with Crippen LogP contribution in [0, 0.1) is 11.8 Å². The van der Waals surface area contributed by atoms with Crippen LogP contribution in [0.1, 0.15) is 73.1 Å². The molecule has 0 unspecified atom stereocenters. The largest absolute Gasteiger partial charge is 0.385 e. The van der Waals surface area contributed by atoms with Gasteiger partial charge in [0.2, 0.25) is 0 Å². The highest BCUT2D eigenvalue weighted by Crippen LogP contribution is 2.18. The first-order valence-electron chi connectivity index (χ1n) is 10.3. The van der Waals surface area contributed by atoms with Crippen LogP contribution >= 0.6 is 0 Å². The number of hydrogen-bond acceptors (Lipinski definition) is 3. The standard InChI is InChI=1S/C8H17N.C7H15N.C3H8O.C3H8/c1-3-8-4-6-9(2)7-5-8;1-7-3-5-8(2)6-4-7;1-3-4-2;1-3-2/h8H,3-7H2,1-2H3;7H,3-6H2,1-2H3;3H2,1-2H3;3H2,1-2H3. The predicted octanol–water partition coefficient (Wildman–Crippen LogP) is 5.16. The molecule has 3 heteroatoms. The molecule has 0 atom stereocenters. The lowest BCUT2D eigenvalue weighted by atomic mass is 9.95. The molecule has 0 radical (unpaired) electrons. The molecular weight excluding hydrogens is 296 g/mol. The number of piperidine rings is 2. The van der Waals surface area contributed by atoms with Gasteiger partial charge in [0.25, 0.3) is 0 Å². The number of methoxy groups -OCH3 is 1. The van der Waals surface area contributed by atoms with Crippen molar-refractivity contribution in [2.24, 2.45) is 11.8 Å². The number of nitrogens with zero attached hydrogens (tertiary/aromatic N) is 2. The molecule has 2 aliphatic rings. The van der Waals surface area contributed by atoms with Gasteiger partial charge in [-0.1, -0.05) is 40.5 Å². The van der Waals surface area contributed by atoms with Crippen LogP contribution in [-0.2, 0) is 4.74 Å². The highest BCUT2D eigenvalue weighted by molar-refractivity contribution is 4.68. The summed E-state index contributed by atoms with van der Waals surface area (Å²) in [6.45, 7) is 16.9. The van der Waals surface area contributed by atoms with Gasteiger partial charge in [0.05, 0.1) is 0 Å². The fraction of sp³-hybridized carbons (Fsp3) is 1.00. The van der Waals surface area contributed by atoms with Crippen LogP contribution in [0.5, 0.6) is 0 Å². The Bertz CT molecular complexity index is 208. The van der Waals surface area contributed by atoms with Gasteiger partial charge in [0, 0.05) is 13.7 Å². The number of ether oxygens (including phenoxy) is 1. The summed E-state index contributed by atoms with van der Waals surface area (Å²) in [5.74, 6) is 2.01. The van der Waals surface area contributed by atoms with Crippen molar-refractivity contribution in [1.82, 2.24) is 9.80 Å². The van der Waals surface area contributed by atoms with E-state index in [1.54, 1.807) is 7.11 Å². The van der Waals surface area contributed by atoms with E-state index in [1.165, 1.54) is 64.7 Å². The van der Waals surface area contributed by atoms with Crippen LogP contribution in [0.2, 0.25) is 0 Å². The molecule has 3 nitrogen and oxygen atoms in total. The van der Waals surface area contributed by atoms with Gasteiger partial charge in [0.1, 0.15) is 0 Å². The van der Waals surface area contributed by atoms with Gasteiger partial charge in [-0.15, -0.1) is 0 Å². The van der Waals surface area contributed by atoms with Crippen molar-refractivity contribution in [3.05, 3.63) is 0 Å². The summed E-state index contributed by atoms with van der Waals surface area (Å²) in [5, 5.41) is 0. The lowest BCUT2D eigenvalue weighted by Crippen LogP contribution is -2.29. The average Bonchev–Trinajstić information content (AvgIpc) is 2.60. The van der Waals surface area contributed by atoms with Crippen molar-refractivity contribution in [2.45, 2.75) is 73.1 Å². The Morgan fingerprint density at radius 1 is 0.792 bits per heavy atom. The first-order valence-corrected chi connectivity index (χ1v) is 10.3. The SMILES string of the molecule is CC1CCN(C)CC1.CCC.CCC1CCN(C)CC1.CCOC. The maximum Gasteiger partial charge on any atom is 0.0433 e. The maximum absolute atomic E-state index is 4.54. The summed E-state index contributed by atoms with van der Waals surface area (Å²) >= 11 is 0. The van der Waals surface area contributed by atoms with Gasteiger partial charge in [-0.25, -0.2) is 0 Å². The molecule has 0 aromatic rings. The Kier molecular flexibility index (Phi) is 20.9. The highest BCUT2D eigenvalue weighted by Gasteiger charge is 2.13. The third kappa shape index (κ3) is 18.2. The van der Waals surface area contributed by atoms with E-state index in [2.05, 4.69) is 56.3 Å². The molecule has 0 saturated carbocycles. The molecule has 0 aromatic carbocycles. The summed E-state index contributed by atoms with van der Waals surface area (Å²) < 4.78 is 4.54. The maximum atomic E-state index is 4.54. The van der Waals surface area contributed by atoms with E-state index in [4.69, 9.17) is 0 Å². The average molecular weight is 345 g/mol. The third-order valence-corrected chi connectivity index (χ3v) is 4.71. The second kappa shape index (κ2) is 19.2. The zero-order valence-corrected chi connectivity index (χ0v) is 18.2. The van der Waals surface area contributed by atoms with Crippen LogP contribution in [0.4, 0.5) is 0 Å². The molecule has 2 fully saturated rings. The van der Waals surface area contributed by atoms with Gasteiger partial charge in [-0.05, 0) is 84.7 Å². The second-order valence-corrected chi connectivity index (χ2v) is 7.43. The molecule has 2 heterocycles.